The van der Waals surface area contributed by atoms with Gasteiger partial charge in [-0.05, 0) is 45.0 Å². The topological polar surface area (TPSA) is 59.0 Å². The number of aliphatic hydroxyl groups excluding tert-OH is 1. The quantitative estimate of drug-likeness (QED) is 0.740. The monoisotopic (exact) mass is 377 g/mol. The summed E-state index contributed by atoms with van der Waals surface area (Å²) in [6, 6.07) is 7.20. The molecular weight excluding hydrogens is 353 g/mol. The number of esters is 1. The van der Waals surface area contributed by atoms with E-state index in [1.54, 1.807) is 12.1 Å². The molecule has 1 aliphatic rings. The van der Waals surface area contributed by atoms with Gasteiger partial charge in [-0.25, -0.2) is 0 Å². The number of rotatable bonds is 7. The molecule has 5 nitrogen and oxygen atoms in total. The standard InChI is InChI=1S/C17H24ClNO4.ClH/c1-2-22-17(21)13-7-9-19(10-8-13)11-14(20)12-23-16-6-4-3-5-15(16)18;/h3-6,13-14,20H,2,7-12H2,1H3;1H. The minimum atomic E-state index is -0.592. The number of carbonyl (C=O) groups is 1. The molecule has 0 bridgehead atoms. The Hall–Kier alpha value is -1.01. The number of β-amino-alcohol motifs (C(OH)–C–C–N with tert-alkyl or cyclic N) is 1. The van der Waals surface area contributed by atoms with Crippen molar-refractivity contribution in [2.75, 3.05) is 32.8 Å². The zero-order chi connectivity index (χ0) is 16.7. The average Bonchev–Trinajstić information content (AvgIpc) is 2.55. The maximum Gasteiger partial charge on any atom is 0.309 e. The van der Waals surface area contributed by atoms with Crippen molar-refractivity contribution in [3.63, 3.8) is 0 Å². The minimum Gasteiger partial charge on any atom is -0.489 e. The summed E-state index contributed by atoms with van der Waals surface area (Å²) >= 11 is 6.01. The molecule has 1 saturated heterocycles. The fourth-order valence-electron chi connectivity index (χ4n) is 2.71. The number of nitrogens with zero attached hydrogens (tertiary/aromatic N) is 1. The Labute approximate surface area is 154 Å². The summed E-state index contributed by atoms with van der Waals surface area (Å²) in [5.74, 6) is 0.465. The number of aliphatic hydroxyl groups is 1. The van der Waals surface area contributed by atoms with E-state index in [0.717, 1.165) is 25.9 Å². The molecular formula is C17H25Cl2NO4. The van der Waals surface area contributed by atoms with E-state index in [9.17, 15) is 9.90 Å². The van der Waals surface area contributed by atoms with Gasteiger partial charge in [0.2, 0.25) is 0 Å². The van der Waals surface area contributed by atoms with Gasteiger partial charge in [0.15, 0.2) is 0 Å². The summed E-state index contributed by atoms with van der Waals surface area (Å²) in [5.41, 5.74) is 0. The third-order valence-corrected chi connectivity index (χ3v) is 4.26. The van der Waals surface area contributed by atoms with Crippen LogP contribution >= 0.6 is 24.0 Å². The number of likely N-dealkylation sites (tertiary alicyclic amines) is 1. The van der Waals surface area contributed by atoms with Crippen LogP contribution in [0.15, 0.2) is 24.3 Å². The Morgan fingerprint density at radius 2 is 2.04 bits per heavy atom. The number of piperidine rings is 1. The summed E-state index contributed by atoms with van der Waals surface area (Å²) in [6.45, 7) is 4.54. The number of hydrogen-bond acceptors (Lipinski definition) is 5. The Balaban J connectivity index is 0.00000288. The maximum atomic E-state index is 11.7. The highest BCUT2D eigenvalue weighted by molar-refractivity contribution is 6.32. The normalized spacial score (nSPS) is 17.0. The van der Waals surface area contributed by atoms with Gasteiger partial charge in [-0.1, -0.05) is 23.7 Å². The SMILES string of the molecule is CCOC(=O)C1CCN(CC(O)COc2ccccc2Cl)CC1.Cl. The lowest BCUT2D eigenvalue weighted by molar-refractivity contribution is -0.149. The van der Waals surface area contributed by atoms with E-state index in [-0.39, 0.29) is 30.9 Å². The molecule has 1 aromatic carbocycles. The van der Waals surface area contributed by atoms with Crippen LogP contribution in [0.2, 0.25) is 5.02 Å². The first-order valence-corrected chi connectivity index (χ1v) is 8.42. The van der Waals surface area contributed by atoms with Crippen LogP contribution in [0.1, 0.15) is 19.8 Å². The molecule has 1 heterocycles. The van der Waals surface area contributed by atoms with Crippen LogP contribution < -0.4 is 4.74 Å². The Kier molecular flexibility index (Phi) is 9.44. The van der Waals surface area contributed by atoms with Crippen molar-refractivity contribution in [2.45, 2.75) is 25.9 Å². The summed E-state index contributed by atoms with van der Waals surface area (Å²) in [4.78, 5) is 13.8. The Morgan fingerprint density at radius 3 is 2.67 bits per heavy atom. The first-order valence-electron chi connectivity index (χ1n) is 8.04. The van der Waals surface area contributed by atoms with E-state index in [1.807, 2.05) is 19.1 Å². The zero-order valence-corrected chi connectivity index (χ0v) is 15.4. The molecule has 1 aliphatic heterocycles. The number of halogens is 2. The van der Waals surface area contributed by atoms with Crippen molar-refractivity contribution in [1.82, 2.24) is 4.90 Å². The van der Waals surface area contributed by atoms with Crippen LogP contribution in [0.3, 0.4) is 0 Å². The highest BCUT2D eigenvalue weighted by atomic mass is 35.5. The predicted octanol–water partition coefficient (Wildman–Crippen LogP) is 2.78. The molecule has 1 fully saturated rings. The van der Waals surface area contributed by atoms with Gasteiger partial charge in [0.25, 0.3) is 0 Å². The lowest BCUT2D eigenvalue weighted by Gasteiger charge is -2.32. The molecule has 0 radical (unpaired) electrons. The average molecular weight is 378 g/mol. The predicted molar refractivity (Wildman–Crippen MR) is 96.0 cm³/mol. The molecule has 0 aromatic heterocycles. The number of carbonyl (C=O) groups excluding carboxylic acids is 1. The lowest BCUT2D eigenvalue weighted by atomic mass is 9.97. The van der Waals surface area contributed by atoms with E-state index in [4.69, 9.17) is 21.1 Å². The molecule has 7 heteroatoms. The first-order chi connectivity index (χ1) is 11.1. The second kappa shape index (κ2) is 10.8. The van der Waals surface area contributed by atoms with Gasteiger partial charge in [-0.2, -0.15) is 0 Å². The third kappa shape index (κ3) is 6.48. The van der Waals surface area contributed by atoms with Crippen LogP contribution in [0.25, 0.3) is 0 Å². The zero-order valence-electron chi connectivity index (χ0n) is 13.8. The highest BCUT2D eigenvalue weighted by Crippen LogP contribution is 2.23. The van der Waals surface area contributed by atoms with Crippen LogP contribution in [0.5, 0.6) is 5.75 Å². The van der Waals surface area contributed by atoms with Crippen LogP contribution in [0, 0.1) is 5.92 Å². The second-order valence-corrected chi connectivity index (χ2v) is 6.13. The van der Waals surface area contributed by atoms with E-state index < -0.39 is 6.10 Å². The van der Waals surface area contributed by atoms with E-state index >= 15 is 0 Å². The van der Waals surface area contributed by atoms with Crippen molar-refractivity contribution in [1.29, 1.82) is 0 Å². The van der Waals surface area contributed by atoms with Gasteiger partial charge in [-0.3, -0.25) is 4.79 Å². The molecule has 0 spiro atoms. The fourth-order valence-corrected chi connectivity index (χ4v) is 2.90. The van der Waals surface area contributed by atoms with Crippen molar-refractivity contribution in [2.24, 2.45) is 5.92 Å². The molecule has 1 unspecified atom stereocenters. The van der Waals surface area contributed by atoms with E-state index in [0.29, 0.717) is 23.9 Å². The number of hydrogen-bond donors (Lipinski definition) is 1. The van der Waals surface area contributed by atoms with Crippen molar-refractivity contribution < 1.29 is 19.4 Å². The molecule has 1 N–H and O–H groups in total. The van der Waals surface area contributed by atoms with Gasteiger partial charge in [-0.15, -0.1) is 12.4 Å². The van der Waals surface area contributed by atoms with Crippen LogP contribution in [-0.2, 0) is 9.53 Å². The summed E-state index contributed by atoms with van der Waals surface area (Å²) in [6.07, 6.45) is 0.957. The van der Waals surface area contributed by atoms with Crippen molar-refractivity contribution >= 4 is 30.0 Å². The Bertz CT molecular complexity index is 507. The molecule has 1 aromatic rings. The smallest absolute Gasteiger partial charge is 0.309 e. The molecule has 24 heavy (non-hydrogen) atoms. The summed E-state index contributed by atoms with van der Waals surface area (Å²) in [5, 5.41) is 10.6. The summed E-state index contributed by atoms with van der Waals surface area (Å²) in [7, 11) is 0. The van der Waals surface area contributed by atoms with Crippen molar-refractivity contribution in [3.8, 4) is 5.75 Å². The van der Waals surface area contributed by atoms with E-state index in [1.165, 1.54) is 0 Å². The highest BCUT2D eigenvalue weighted by Gasteiger charge is 2.26. The lowest BCUT2D eigenvalue weighted by Crippen LogP contribution is -2.42. The molecule has 2 rings (SSSR count). The third-order valence-electron chi connectivity index (χ3n) is 3.94. The number of ether oxygens (including phenoxy) is 2. The Morgan fingerprint density at radius 1 is 1.38 bits per heavy atom. The van der Waals surface area contributed by atoms with Crippen molar-refractivity contribution in [3.05, 3.63) is 29.3 Å². The van der Waals surface area contributed by atoms with Gasteiger partial charge >= 0.3 is 5.97 Å². The molecule has 1 atom stereocenters. The van der Waals surface area contributed by atoms with Gasteiger partial charge in [0.1, 0.15) is 18.5 Å². The fraction of sp³-hybridized carbons (Fsp3) is 0.588. The number of benzene rings is 1. The number of para-hydroxylation sites is 1. The van der Waals surface area contributed by atoms with E-state index in [2.05, 4.69) is 4.90 Å². The maximum absolute atomic E-state index is 11.7. The van der Waals surface area contributed by atoms with Crippen LogP contribution in [-0.4, -0.2) is 54.9 Å². The van der Waals surface area contributed by atoms with Gasteiger partial charge < -0.3 is 19.5 Å². The van der Waals surface area contributed by atoms with Gasteiger partial charge in [0.05, 0.1) is 17.5 Å². The second-order valence-electron chi connectivity index (χ2n) is 5.72. The molecule has 0 aliphatic carbocycles. The van der Waals surface area contributed by atoms with Gasteiger partial charge in [0, 0.05) is 6.54 Å². The van der Waals surface area contributed by atoms with Crippen LogP contribution in [0.4, 0.5) is 0 Å². The summed E-state index contributed by atoms with van der Waals surface area (Å²) < 4.78 is 10.6. The molecule has 0 amide bonds. The first kappa shape index (κ1) is 21.0. The minimum absolute atomic E-state index is 0. The molecule has 0 saturated carbocycles. The molecule has 136 valence electrons. The largest absolute Gasteiger partial charge is 0.489 e.